The molecule has 2 atom stereocenters. The van der Waals surface area contributed by atoms with E-state index in [1.807, 2.05) is 13.1 Å². The Morgan fingerprint density at radius 3 is 2.83 bits per heavy atom. The molecule has 0 aromatic carbocycles. The lowest BCUT2D eigenvalue weighted by atomic mass is 9.95. The van der Waals surface area contributed by atoms with E-state index in [4.69, 9.17) is 16.3 Å². The number of rotatable bonds is 2. The average Bonchev–Trinajstić information content (AvgIpc) is 2.06. The molecule has 0 amide bonds. The van der Waals surface area contributed by atoms with Crippen LogP contribution in [0.2, 0.25) is 0 Å². The first kappa shape index (κ1) is 9.75. The van der Waals surface area contributed by atoms with Crippen LogP contribution in [0.4, 0.5) is 0 Å². The van der Waals surface area contributed by atoms with Crippen molar-refractivity contribution in [2.45, 2.75) is 20.0 Å². The Labute approximate surface area is 78.3 Å². The highest BCUT2D eigenvalue weighted by Crippen LogP contribution is 2.23. The molecule has 0 spiro atoms. The van der Waals surface area contributed by atoms with Crippen molar-refractivity contribution in [3.8, 4) is 0 Å². The van der Waals surface area contributed by atoms with Crippen molar-refractivity contribution in [2.24, 2.45) is 10.9 Å². The molecule has 0 N–H and O–H groups in total. The summed E-state index contributed by atoms with van der Waals surface area (Å²) < 4.78 is 5.34. The Morgan fingerprint density at radius 1 is 1.67 bits per heavy atom. The maximum Gasteiger partial charge on any atom is 0.0874 e. The molecule has 0 radical (unpaired) electrons. The van der Waals surface area contributed by atoms with E-state index in [1.54, 1.807) is 7.11 Å². The Balaban J connectivity index is 2.88. The van der Waals surface area contributed by atoms with Gasteiger partial charge in [-0.15, -0.1) is 11.6 Å². The Kier molecular flexibility index (Phi) is 3.29. The Hall–Kier alpha value is -0.340. The van der Waals surface area contributed by atoms with E-state index in [1.165, 1.54) is 0 Å². The number of alkyl halides is 1. The average molecular weight is 188 g/mol. The number of aliphatic imine (C=N–C) groups is 1. The van der Waals surface area contributed by atoms with Crippen LogP contribution in [0.5, 0.6) is 0 Å². The fourth-order valence-electron chi connectivity index (χ4n) is 1.48. The summed E-state index contributed by atoms with van der Waals surface area (Å²) in [5, 5.41) is 0. The number of hydrogen-bond donors (Lipinski definition) is 0. The summed E-state index contributed by atoms with van der Waals surface area (Å²) in [6, 6.07) is 0. The molecule has 1 aliphatic rings. The van der Waals surface area contributed by atoms with Gasteiger partial charge in [-0.05, 0) is 12.5 Å². The molecular weight excluding hydrogens is 174 g/mol. The lowest BCUT2D eigenvalue weighted by Gasteiger charge is -2.25. The fraction of sp³-hybridized carbons (Fsp3) is 0.667. The third-order valence-electron chi connectivity index (χ3n) is 2.21. The summed E-state index contributed by atoms with van der Waals surface area (Å²) in [5.41, 5.74) is 2.10. The van der Waals surface area contributed by atoms with Crippen molar-refractivity contribution >= 4 is 17.8 Å². The molecule has 3 heteroatoms. The van der Waals surface area contributed by atoms with Gasteiger partial charge < -0.3 is 4.74 Å². The van der Waals surface area contributed by atoms with Gasteiger partial charge in [0, 0.05) is 19.2 Å². The predicted molar refractivity (Wildman–Crippen MR) is 51.9 cm³/mol. The first-order chi connectivity index (χ1) is 5.70. The molecule has 12 heavy (non-hydrogen) atoms. The van der Waals surface area contributed by atoms with Gasteiger partial charge in [0.25, 0.3) is 0 Å². The van der Waals surface area contributed by atoms with Gasteiger partial charge >= 0.3 is 0 Å². The minimum Gasteiger partial charge on any atom is -0.376 e. The van der Waals surface area contributed by atoms with E-state index in [-0.39, 0.29) is 6.10 Å². The molecule has 2 unspecified atom stereocenters. The molecule has 0 saturated heterocycles. The van der Waals surface area contributed by atoms with Gasteiger partial charge in [-0.1, -0.05) is 6.92 Å². The van der Waals surface area contributed by atoms with Crippen LogP contribution < -0.4 is 0 Å². The highest BCUT2D eigenvalue weighted by molar-refractivity contribution is 6.19. The van der Waals surface area contributed by atoms with Crippen LogP contribution in [-0.2, 0) is 4.74 Å². The normalized spacial score (nSPS) is 29.7. The number of hydrogen-bond acceptors (Lipinski definition) is 2. The van der Waals surface area contributed by atoms with Crippen LogP contribution in [0.1, 0.15) is 13.8 Å². The molecule has 0 saturated carbocycles. The maximum atomic E-state index is 5.72. The third-order valence-corrected chi connectivity index (χ3v) is 2.46. The van der Waals surface area contributed by atoms with Crippen LogP contribution in [0.3, 0.4) is 0 Å². The monoisotopic (exact) mass is 187 g/mol. The largest absolute Gasteiger partial charge is 0.376 e. The van der Waals surface area contributed by atoms with E-state index in [9.17, 15) is 0 Å². The second-order valence-corrected chi connectivity index (χ2v) is 3.32. The van der Waals surface area contributed by atoms with Crippen molar-refractivity contribution < 1.29 is 4.74 Å². The van der Waals surface area contributed by atoms with E-state index < -0.39 is 0 Å². The van der Waals surface area contributed by atoms with E-state index in [2.05, 4.69) is 11.9 Å². The summed E-state index contributed by atoms with van der Waals surface area (Å²) in [4.78, 5) is 4.25. The van der Waals surface area contributed by atoms with E-state index in [0.29, 0.717) is 11.8 Å². The van der Waals surface area contributed by atoms with Gasteiger partial charge in [0.05, 0.1) is 17.7 Å². The highest BCUT2D eigenvalue weighted by Gasteiger charge is 2.22. The quantitative estimate of drug-likeness (QED) is 0.608. The second kappa shape index (κ2) is 4.06. The standard InChI is InChI=1S/C9H14ClNO/c1-6-5-11-8(4-10)7(2)9(6)12-3/h5-6,9H,4H2,1-3H3. The van der Waals surface area contributed by atoms with Crippen LogP contribution >= 0.6 is 11.6 Å². The number of halogens is 1. The molecule has 68 valence electrons. The van der Waals surface area contributed by atoms with Gasteiger partial charge in [-0.25, -0.2) is 0 Å². The van der Waals surface area contributed by atoms with Gasteiger partial charge in [0.15, 0.2) is 0 Å². The van der Waals surface area contributed by atoms with Crippen molar-refractivity contribution in [1.29, 1.82) is 0 Å². The van der Waals surface area contributed by atoms with Gasteiger partial charge in [-0.3, -0.25) is 4.99 Å². The summed E-state index contributed by atoms with van der Waals surface area (Å²) in [6.45, 7) is 4.12. The smallest absolute Gasteiger partial charge is 0.0874 e. The number of allylic oxidation sites excluding steroid dienone is 1. The van der Waals surface area contributed by atoms with Crippen LogP contribution in [0, 0.1) is 5.92 Å². The van der Waals surface area contributed by atoms with Gasteiger partial charge in [-0.2, -0.15) is 0 Å². The number of ether oxygens (including phenoxy) is 1. The SMILES string of the molecule is COC1C(C)=C(CCl)N=CC1C. The fourth-order valence-corrected chi connectivity index (χ4v) is 1.76. The van der Waals surface area contributed by atoms with E-state index >= 15 is 0 Å². The maximum absolute atomic E-state index is 5.72. The van der Waals surface area contributed by atoms with Crippen LogP contribution in [0.15, 0.2) is 16.3 Å². The molecule has 2 nitrogen and oxygen atoms in total. The Morgan fingerprint density at radius 2 is 2.33 bits per heavy atom. The van der Waals surface area contributed by atoms with Crippen LogP contribution in [0.25, 0.3) is 0 Å². The minimum atomic E-state index is 0.149. The van der Waals surface area contributed by atoms with Crippen molar-refractivity contribution in [1.82, 2.24) is 0 Å². The number of nitrogens with zero attached hydrogens (tertiary/aromatic N) is 1. The summed E-state index contributed by atoms with van der Waals surface area (Å²) >= 11 is 5.72. The molecule has 0 bridgehead atoms. The number of methoxy groups -OCH3 is 1. The third kappa shape index (κ3) is 1.70. The highest BCUT2D eigenvalue weighted by atomic mass is 35.5. The van der Waals surface area contributed by atoms with Crippen molar-refractivity contribution in [3.63, 3.8) is 0 Å². The first-order valence-corrected chi connectivity index (χ1v) is 4.56. The summed E-state index contributed by atoms with van der Waals surface area (Å²) in [6.07, 6.45) is 2.05. The van der Waals surface area contributed by atoms with Crippen LogP contribution in [-0.4, -0.2) is 25.3 Å². The molecule has 1 rings (SSSR count). The zero-order valence-electron chi connectivity index (χ0n) is 7.67. The molecule has 0 aliphatic carbocycles. The van der Waals surface area contributed by atoms with Crippen molar-refractivity contribution in [3.05, 3.63) is 11.3 Å². The first-order valence-electron chi connectivity index (χ1n) is 4.03. The topological polar surface area (TPSA) is 21.6 Å². The van der Waals surface area contributed by atoms with Crippen molar-refractivity contribution in [2.75, 3.05) is 13.0 Å². The zero-order valence-corrected chi connectivity index (χ0v) is 8.43. The molecule has 1 aliphatic heterocycles. The van der Waals surface area contributed by atoms with Gasteiger partial charge in [0.1, 0.15) is 0 Å². The van der Waals surface area contributed by atoms with Gasteiger partial charge in [0.2, 0.25) is 0 Å². The predicted octanol–water partition coefficient (Wildman–Crippen LogP) is 2.23. The van der Waals surface area contributed by atoms with E-state index in [0.717, 1.165) is 11.3 Å². The summed E-state index contributed by atoms with van der Waals surface area (Å²) in [5.74, 6) is 0.816. The summed E-state index contributed by atoms with van der Waals surface area (Å²) in [7, 11) is 1.72. The Bertz CT molecular complexity index is 223. The zero-order chi connectivity index (χ0) is 9.14. The molecule has 0 fully saturated rings. The molecule has 1 heterocycles. The lowest BCUT2D eigenvalue weighted by Crippen LogP contribution is -2.26. The molecule has 0 aromatic heterocycles. The minimum absolute atomic E-state index is 0.149. The molecule has 0 aromatic rings. The molecular formula is C9H14ClNO. The second-order valence-electron chi connectivity index (χ2n) is 3.06. The lowest BCUT2D eigenvalue weighted by molar-refractivity contribution is 0.108.